The van der Waals surface area contributed by atoms with Gasteiger partial charge in [-0.2, -0.15) is 0 Å². The first-order chi connectivity index (χ1) is 6.63. The van der Waals surface area contributed by atoms with Crippen molar-refractivity contribution in [2.24, 2.45) is 5.73 Å². The van der Waals surface area contributed by atoms with Crippen LogP contribution in [0.5, 0.6) is 5.75 Å². The molecule has 1 atom stereocenters. The van der Waals surface area contributed by atoms with E-state index in [-0.39, 0.29) is 29.8 Å². The number of carbonyl (C=O) groups excluding carboxylic acids is 1. The topological polar surface area (TPSA) is 63.3 Å². The summed E-state index contributed by atoms with van der Waals surface area (Å²) in [6.45, 7) is 0. The predicted octanol–water partition coefficient (Wildman–Crippen LogP) is 1.49. The number of ketones is 1. The van der Waals surface area contributed by atoms with Crippen LogP contribution in [0.3, 0.4) is 0 Å². The predicted molar refractivity (Wildman–Crippen MR) is 62.8 cm³/mol. The van der Waals surface area contributed by atoms with Gasteiger partial charge in [-0.25, -0.2) is 0 Å². The number of benzene rings is 1. The van der Waals surface area contributed by atoms with Crippen LogP contribution in [0.2, 0.25) is 0 Å². The van der Waals surface area contributed by atoms with E-state index in [1.54, 1.807) is 24.3 Å². The molecule has 15 heavy (non-hydrogen) atoms. The maximum absolute atomic E-state index is 11.1. The highest BCUT2D eigenvalue weighted by Crippen LogP contribution is 2.11. The number of halogens is 2. The van der Waals surface area contributed by atoms with Crippen molar-refractivity contribution >= 4 is 29.8 Å². The summed E-state index contributed by atoms with van der Waals surface area (Å²) in [4.78, 5) is 11.1. The molecule has 0 radical (unpaired) electrons. The molecule has 0 aliphatic heterocycles. The average molecular weight is 250 g/mol. The Hall–Kier alpha value is -0.770. The molecule has 0 heterocycles. The lowest BCUT2D eigenvalue weighted by atomic mass is 10.0. The number of rotatable bonds is 4. The van der Waals surface area contributed by atoms with E-state index in [1.165, 1.54) is 0 Å². The van der Waals surface area contributed by atoms with E-state index in [4.69, 9.17) is 22.4 Å². The summed E-state index contributed by atoms with van der Waals surface area (Å²) in [5, 5.41) is 9.03. The molecule has 1 aromatic carbocycles. The molecule has 0 bridgehead atoms. The van der Waals surface area contributed by atoms with Crippen LogP contribution in [-0.4, -0.2) is 22.8 Å². The van der Waals surface area contributed by atoms with E-state index in [9.17, 15) is 4.79 Å². The number of hydrogen-bond donors (Lipinski definition) is 2. The molecule has 0 fully saturated rings. The van der Waals surface area contributed by atoms with Gasteiger partial charge in [-0.1, -0.05) is 12.1 Å². The van der Waals surface area contributed by atoms with Gasteiger partial charge in [0.05, 0.1) is 11.9 Å². The highest BCUT2D eigenvalue weighted by atomic mass is 35.5. The zero-order valence-corrected chi connectivity index (χ0v) is 9.59. The molecule has 0 saturated heterocycles. The number of phenols is 1. The molecule has 3 nitrogen and oxygen atoms in total. The first-order valence-corrected chi connectivity index (χ1v) is 4.79. The van der Waals surface area contributed by atoms with Gasteiger partial charge in [0.2, 0.25) is 0 Å². The van der Waals surface area contributed by atoms with Gasteiger partial charge < -0.3 is 10.8 Å². The first-order valence-electron chi connectivity index (χ1n) is 4.25. The summed E-state index contributed by atoms with van der Waals surface area (Å²) in [5.41, 5.74) is 6.51. The van der Waals surface area contributed by atoms with Crippen LogP contribution in [0.1, 0.15) is 5.56 Å². The molecule has 0 aliphatic carbocycles. The van der Waals surface area contributed by atoms with Crippen molar-refractivity contribution in [1.29, 1.82) is 0 Å². The quantitative estimate of drug-likeness (QED) is 0.796. The van der Waals surface area contributed by atoms with Crippen molar-refractivity contribution in [2.45, 2.75) is 12.5 Å². The Morgan fingerprint density at radius 2 is 1.93 bits per heavy atom. The lowest BCUT2D eigenvalue weighted by Crippen LogP contribution is -2.33. The molecule has 0 aromatic heterocycles. The third-order valence-corrected chi connectivity index (χ3v) is 2.20. The molecule has 1 rings (SSSR count). The largest absolute Gasteiger partial charge is 0.508 e. The molecule has 0 saturated carbocycles. The summed E-state index contributed by atoms with van der Waals surface area (Å²) in [7, 11) is 0. The Balaban J connectivity index is 0.00000196. The monoisotopic (exact) mass is 249 g/mol. The molecule has 0 aliphatic rings. The minimum absolute atomic E-state index is 0. The zero-order valence-electron chi connectivity index (χ0n) is 8.02. The summed E-state index contributed by atoms with van der Waals surface area (Å²) in [5.74, 6) is -0.0232. The SMILES string of the molecule is Cl.N[C@H](Cc1ccc(O)cc1)C(=O)CCl. The maximum atomic E-state index is 11.1. The van der Waals surface area contributed by atoms with E-state index in [1.807, 2.05) is 0 Å². The van der Waals surface area contributed by atoms with Gasteiger partial charge in [-0.15, -0.1) is 24.0 Å². The first kappa shape index (κ1) is 14.2. The van der Waals surface area contributed by atoms with Gasteiger partial charge in [-0.05, 0) is 24.1 Å². The van der Waals surface area contributed by atoms with Crippen LogP contribution >= 0.6 is 24.0 Å². The Morgan fingerprint density at radius 1 is 1.40 bits per heavy atom. The van der Waals surface area contributed by atoms with Gasteiger partial charge >= 0.3 is 0 Å². The Labute approximate surface area is 99.6 Å². The summed E-state index contributed by atoms with van der Waals surface area (Å²) < 4.78 is 0. The van der Waals surface area contributed by atoms with Gasteiger partial charge in [0.1, 0.15) is 5.75 Å². The lowest BCUT2D eigenvalue weighted by Gasteiger charge is -2.08. The van der Waals surface area contributed by atoms with Crippen LogP contribution < -0.4 is 5.73 Å². The highest BCUT2D eigenvalue weighted by Gasteiger charge is 2.12. The van der Waals surface area contributed by atoms with Gasteiger partial charge in [-0.3, -0.25) is 4.79 Å². The zero-order chi connectivity index (χ0) is 10.6. The number of Topliss-reactive ketones (excluding diaryl/α,β-unsaturated/α-hetero) is 1. The van der Waals surface area contributed by atoms with E-state index < -0.39 is 6.04 Å². The third-order valence-electron chi connectivity index (χ3n) is 1.94. The number of carbonyl (C=O) groups is 1. The van der Waals surface area contributed by atoms with Crippen molar-refractivity contribution in [2.75, 3.05) is 5.88 Å². The van der Waals surface area contributed by atoms with E-state index in [0.717, 1.165) is 5.56 Å². The molecular formula is C10H13Cl2NO2. The van der Waals surface area contributed by atoms with Crippen LogP contribution in [0, 0.1) is 0 Å². The van der Waals surface area contributed by atoms with E-state index in [0.29, 0.717) is 6.42 Å². The van der Waals surface area contributed by atoms with Crippen LogP contribution in [0.4, 0.5) is 0 Å². The Morgan fingerprint density at radius 3 is 2.40 bits per heavy atom. The van der Waals surface area contributed by atoms with E-state index >= 15 is 0 Å². The summed E-state index contributed by atoms with van der Waals surface area (Å²) in [6.07, 6.45) is 0.450. The number of aromatic hydroxyl groups is 1. The molecule has 0 amide bonds. The second-order valence-corrected chi connectivity index (χ2v) is 3.34. The smallest absolute Gasteiger partial charge is 0.164 e. The van der Waals surface area contributed by atoms with Crippen LogP contribution in [-0.2, 0) is 11.2 Å². The van der Waals surface area contributed by atoms with Crippen LogP contribution in [0.25, 0.3) is 0 Å². The molecule has 0 spiro atoms. The van der Waals surface area contributed by atoms with Crippen molar-refractivity contribution in [3.63, 3.8) is 0 Å². The molecule has 1 aromatic rings. The fourth-order valence-corrected chi connectivity index (χ4v) is 1.30. The minimum atomic E-state index is -0.558. The number of phenolic OH excluding ortho intramolecular Hbond substituents is 1. The third kappa shape index (κ3) is 4.51. The minimum Gasteiger partial charge on any atom is -0.508 e. The number of hydrogen-bond acceptors (Lipinski definition) is 3. The van der Waals surface area contributed by atoms with Crippen LogP contribution in [0.15, 0.2) is 24.3 Å². The fraction of sp³-hybridized carbons (Fsp3) is 0.300. The van der Waals surface area contributed by atoms with Crippen molar-refractivity contribution in [3.05, 3.63) is 29.8 Å². The van der Waals surface area contributed by atoms with Gasteiger partial charge in [0, 0.05) is 0 Å². The number of alkyl halides is 1. The normalized spacial score (nSPS) is 11.6. The van der Waals surface area contributed by atoms with Crippen molar-refractivity contribution in [3.8, 4) is 5.75 Å². The highest BCUT2D eigenvalue weighted by molar-refractivity contribution is 6.28. The summed E-state index contributed by atoms with van der Waals surface area (Å²) >= 11 is 5.37. The molecule has 0 unspecified atom stereocenters. The van der Waals surface area contributed by atoms with Crippen molar-refractivity contribution in [1.82, 2.24) is 0 Å². The van der Waals surface area contributed by atoms with Gasteiger partial charge in [0.25, 0.3) is 0 Å². The second kappa shape index (κ2) is 6.67. The summed E-state index contributed by atoms with van der Waals surface area (Å²) in [6, 6.07) is 6.03. The molecule has 5 heteroatoms. The molecular weight excluding hydrogens is 237 g/mol. The maximum Gasteiger partial charge on any atom is 0.164 e. The fourth-order valence-electron chi connectivity index (χ4n) is 1.10. The number of nitrogens with two attached hydrogens (primary N) is 1. The Kier molecular flexibility index (Phi) is 6.32. The molecule has 3 N–H and O–H groups in total. The lowest BCUT2D eigenvalue weighted by molar-refractivity contribution is -0.117. The Bertz CT molecular complexity index is 314. The average Bonchev–Trinajstić information content (AvgIpc) is 2.20. The van der Waals surface area contributed by atoms with E-state index in [2.05, 4.69) is 0 Å². The second-order valence-electron chi connectivity index (χ2n) is 3.08. The van der Waals surface area contributed by atoms with Crippen molar-refractivity contribution < 1.29 is 9.90 Å². The molecule has 84 valence electrons. The van der Waals surface area contributed by atoms with Gasteiger partial charge in [0.15, 0.2) is 5.78 Å². The standard InChI is InChI=1S/C10H12ClNO2.ClH/c11-6-10(14)9(12)5-7-1-3-8(13)4-2-7;/h1-4,9,13H,5-6,12H2;1H/t9-;/m1./s1.